The van der Waals surface area contributed by atoms with E-state index in [0.717, 1.165) is 16.9 Å². The molecular formula is C17H14N4O5S. The van der Waals surface area contributed by atoms with Crippen LogP contribution >= 0.6 is 11.3 Å². The average molecular weight is 386 g/mol. The molecule has 2 heterocycles. The van der Waals surface area contributed by atoms with Gasteiger partial charge in [0.1, 0.15) is 0 Å². The zero-order chi connectivity index (χ0) is 19.4. The van der Waals surface area contributed by atoms with Crippen molar-refractivity contribution < 1.29 is 19.8 Å². The van der Waals surface area contributed by atoms with Gasteiger partial charge in [0, 0.05) is 6.54 Å². The van der Waals surface area contributed by atoms with Crippen LogP contribution < -0.4 is 16.2 Å². The van der Waals surface area contributed by atoms with Crippen molar-refractivity contribution in [2.75, 3.05) is 5.32 Å². The number of rotatable bonds is 5. The first-order valence-corrected chi connectivity index (χ1v) is 8.57. The molecule has 3 rings (SSSR count). The molecule has 5 N–H and O–H groups in total. The largest absolute Gasteiger partial charge is 0.501 e. The van der Waals surface area contributed by atoms with Crippen LogP contribution in [0.3, 0.4) is 0 Å². The topological polar surface area (TPSA) is 144 Å². The third kappa shape index (κ3) is 4.12. The number of amides is 2. The number of nitrogens with one attached hydrogen (secondary N) is 3. The summed E-state index contributed by atoms with van der Waals surface area (Å²) >= 11 is 1.14. The molecule has 27 heavy (non-hydrogen) atoms. The van der Waals surface area contributed by atoms with E-state index in [4.69, 9.17) is 5.11 Å². The molecule has 0 atom stereocenters. The van der Waals surface area contributed by atoms with Crippen molar-refractivity contribution >= 4 is 29.0 Å². The predicted octanol–water partition coefficient (Wildman–Crippen LogP) is 2.22. The van der Waals surface area contributed by atoms with E-state index in [-0.39, 0.29) is 5.82 Å². The van der Waals surface area contributed by atoms with Gasteiger partial charge in [-0.1, -0.05) is 30.3 Å². The highest BCUT2D eigenvalue weighted by atomic mass is 32.1. The minimum atomic E-state index is -1.54. The van der Waals surface area contributed by atoms with E-state index in [1.54, 1.807) is 11.4 Å². The number of carboxylic acids is 1. The number of carboxylic acid groups (broad SMARTS) is 1. The molecule has 3 aromatic rings. The van der Waals surface area contributed by atoms with Gasteiger partial charge in [-0.3, -0.25) is 4.79 Å². The number of benzene rings is 1. The number of urea groups is 1. The monoisotopic (exact) mass is 386 g/mol. The molecule has 0 fully saturated rings. The number of thiophene rings is 1. The number of aromatic carboxylic acids is 1. The zero-order valence-corrected chi connectivity index (χ0v) is 14.5. The second kappa shape index (κ2) is 7.70. The van der Waals surface area contributed by atoms with Crippen LogP contribution in [0.4, 0.5) is 10.5 Å². The van der Waals surface area contributed by atoms with Crippen LogP contribution in [-0.4, -0.2) is 32.2 Å². The van der Waals surface area contributed by atoms with Gasteiger partial charge in [-0.15, -0.1) is 11.3 Å². The SMILES string of the molecule is O=C(NCc1ccccc1)Nc1ccsc1-c1nc(C(=O)O)c(O)c(=O)[nH]1. The van der Waals surface area contributed by atoms with Gasteiger partial charge in [-0.05, 0) is 17.0 Å². The van der Waals surface area contributed by atoms with Crippen LogP contribution in [-0.2, 0) is 6.54 Å². The minimum absolute atomic E-state index is 0.0661. The Balaban J connectivity index is 1.79. The molecule has 1 aromatic carbocycles. The Morgan fingerprint density at radius 3 is 2.63 bits per heavy atom. The summed E-state index contributed by atoms with van der Waals surface area (Å²) in [5, 5.41) is 25.5. The van der Waals surface area contributed by atoms with Crippen LogP contribution in [0.1, 0.15) is 16.1 Å². The first-order valence-electron chi connectivity index (χ1n) is 7.69. The van der Waals surface area contributed by atoms with E-state index in [2.05, 4.69) is 20.6 Å². The summed E-state index contributed by atoms with van der Waals surface area (Å²) in [7, 11) is 0. The molecule has 0 aliphatic rings. The Bertz CT molecular complexity index is 1040. The molecule has 0 radical (unpaired) electrons. The first-order chi connectivity index (χ1) is 13.0. The lowest BCUT2D eigenvalue weighted by Crippen LogP contribution is -2.28. The fraction of sp³-hybridized carbons (Fsp3) is 0.0588. The number of aromatic nitrogens is 2. The third-order valence-electron chi connectivity index (χ3n) is 3.52. The number of aromatic amines is 1. The Labute approximate surface area is 156 Å². The molecule has 0 unspecified atom stereocenters. The second-order valence-corrected chi connectivity index (χ2v) is 6.29. The van der Waals surface area contributed by atoms with Crippen molar-refractivity contribution in [3.8, 4) is 16.5 Å². The highest BCUT2D eigenvalue weighted by Crippen LogP contribution is 2.31. The molecule has 2 aromatic heterocycles. The van der Waals surface area contributed by atoms with E-state index in [0.29, 0.717) is 17.1 Å². The molecular weight excluding hydrogens is 372 g/mol. The molecule has 0 saturated carbocycles. The highest BCUT2D eigenvalue weighted by Gasteiger charge is 2.20. The number of hydrogen-bond acceptors (Lipinski definition) is 6. The van der Waals surface area contributed by atoms with Crippen molar-refractivity contribution in [3.63, 3.8) is 0 Å². The summed E-state index contributed by atoms with van der Waals surface area (Å²) < 4.78 is 0. The predicted molar refractivity (Wildman–Crippen MR) is 99.1 cm³/mol. The minimum Gasteiger partial charge on any atom is -0.501 e. The van der Waals surface area contributed by atoms with Crippen molar-refractivity contribution in [1.82, 2.24) is 15.3 Å². The second-order valence-electron chi connectivity index (χ2n) is 5.37. The van der Waals surface area contributed by atoms with Crippen LogP contribution in [0.2, 0.25) is 0 Å². The average Bonchev–Trinajstić information content (AvgIpc) is 3.11. The summed E-state index contributed by atoms with van der Waals surface area (Å²) in [4.78, 5) is 41.4. The summed E-state index contributed by atoms with van der Waals surface area (Å²) in [6.45, 7) is 0.323. The van der Waals surface area contributed by atoms with E-state index in [1.807, 2.05) is 30.3 Å². The van der Waals surface area contributed by atoms with Crippen LogP contribution in [0.15, 0.2) is 46.6 Å². The smallest absolute Gasteiger partial charge is 0.358 e. The highest BCUT2D eigenvalue weighted by molar-refractivity contribution is 7.14. The fourth-order valence-corrected chi connectivity index (χ4v) is 3.05. The number of anilines is 1. The number of aromatic hydroxyl groups is 1. The lowest BCUT2D eigenvalue weighted by atomic mass is 10.2. The van der Waals surface area contributed by atoms with E-state index in [9.17, 15) is 19.5 Å². The number of carbonyl (C=O) groups is 2. The molecule has 0 aliphatic heterocycles. The Morgan fingerprint density at radius 2 is 1.93 bits per heavy atom. The molecule has 10 heteroatoms. The van der Waals surface area contributed by atoms with Gasteiger partial charge in [-0.25, -0.2) is 14.6 Å². The fourth-order valence-electron chi connectivity index (χ4n) is 2.26. The van der Waals surface area contributed by atoms with E-state index >= 15 is 0 Å². The number of H-pyrrole nitrogens is 1. The molecule has 138 valence electrons. The lowest BCUT2D eigenvalue weighted by molar-refractivity contribution is 0.0686. The van der Waals surface area contributed by atoms with E-state index < -0.39 is 29.0 Å². The van der Waals surface area contributed by atoms with Gasteiger partial charge in [0.15, 0.2) is 11.5 Å². The lowest BCUT2D eigenvalue weighted by Gasteiger charge is -2.09. The number of carbonyl (C=O) groups excluding carboxylic acids is 1. The van der Waals surface area contributed by atoms with Gasteiger partial charge in [0.05, 0.1) is 10.6 Å². The van der Waals surface area contributed by atoms with Crippen LogP contribution in [0.25, 0.3) is 10.7 Å². The maximum atomic E-state index is 12.1. The molecule has 0 bridgehead atoms. The molecule has 0 spiro atoms. The summed E-state index contributed by atoms with van der Waals surface area (Å²) in [5.74, 6) is -2.58. The number of nitrogens with zero attached hydrogens (tertiary/aromatic N) is 1. The quantitative estimate of drug-likeness (QED) is 0.455. The van der Waals surface area contributed by atoms with Crippen molar-refractivity contribution in [2.24, 2.45) is 0 Å². The van der Waals surface area contributed by atoms with Gasteiger partial charge >= 0.3 is 12.0 Å². The molecule has 9 nitrogen and oxygen atoms in total. The van der Waals surface area contributed by atoms with Crippen LogP contribution in [0, 0.1) is 0 Å². The van der Waals surface area contributed by atoms with Crippen molar-refractivity contribution in [2.45, 2.75) is 6.54 Å². The standard InChI is InChI=1S/C17H14N4O5S/c22-12-11(16(24)25)20-14(21-15(12)23)13-10(6-7-27-13)19-17(26)18-8-9-4-2-1-3-5-9/h1-7,22H,8H2,(H,24,25)(H2,18,19,26)(H,20,21,23). The summed E-state index contributed by atoms with van der Waals surface area (Å²) in [6.07, 6.45) is 0. The maximum absolute atomic E-state index is 12.1. The first kappa shape index (κ1) is 18.1. The zero-order valence-electron chi connectivity index (χ0n) is 13.7. The summed E-state index contributed by atoms with van der Waals surface area (Å²) in [5.41, 5.74) is -0.475. The van der Waals surface area contributed by atoms with Crippen molar-refractivity contribution in [3.05, 3.63) is 63.4 Å². The van der Waals surface area contributed by atoms with Gasteiger partial charge in [0.2, 0.25) is 5.75 Å². The summed E-state index contributed by atoms with van der Waals surface area (Å²) in [6, 6.07) is 10.5. The van der Waals surface area contributed by atoms with Crippen LogP contribution in [0.5, 0.6) is 5.75 Å². The maximum Gasteiger partial charge on any atom is 0.358 e. The van der Waals surface area contributed by atoms with Gasteiger partial charge < -0.3 is 25.8 Å². The molecule has 2 amide bonds. The molecule has 0 saturated heterocycles. The van der Waals surface area contributed by atoms with Gasteiger partial charge in [-0.2, -0.15) is 0 Å². The van der Waals surface area contributed by atoms with Gasteiger partial charge in [0.25, 0.3) is 5.56 Å². The Morgan fingerprint density at radius 1 is 1.19 bits per heavy atom. The Hall–Kier alpha value is -3.66. The number of hydrogen-bond donors (Lipinski definition) is 5. The van der Waals surface area contributed by atoms with E-state index in [1.165, 1.54) is 0 Å². The third-order valence-corrected chi connectivity index (χ3v) is 4.44. The normalized spacial score (nSPS) is 10.4. The molecule has 0 aliphatic carbocycles. The van der Waals surface area contributed by atoms with Crippen molar-refractivity contribution in [1.29, 1.82) is 0 Å². The Kier molecular flexibility index (Phi) is 5.18.